The van der Waals surface area contributed by atoms with Gasteiger partial charge in [-0.05, 0) is 32.9 Å². The molecule has 0 radical (unpaired) electrons. The number of nitrogen functional groups attached to an aromatic ring is 1. The van der Waals surface area contributed by atoms with E-state index in [1.807, 2.05) is 37.8 Å². The van der Waals surface area contributed by atoms with E-state index in [1.165, 1.54) is 11.3 Å². The molecule has 2 aromatic rings. The van der Waals surface area contributed by atoms with Crippen LogP contribution in [-0.4, -0.2) is 41.1 Å². The number of pyridine rings is 1. The molecule has 3 rings (SSSR count). The van der Waals surface area contributed by atoms with Gasteiger partial charge < -0.3 is 15.4 Å². The van der Waals surface area contributed by atoms with E-state index in [9.17, 15) is 4.79 Å². The zero-order valence-electron chi connectivity index (χ0n) is 12.4. The largest absolute Gasteiger partial charge is 0.397 e. The van der Waals surface area contributed by atoms with Crippen molar-refractivity contribution in [2.24, 2.45) is 0 Å². The number of hydrogen-bond donors (Lipinski definition) is 1. The van der Waals surface area contributed by atoms with Crippen molar-refractivity contribution < 1.29 is 9.53 Å². The Morgan fingerprint density at radius 1 is 1.38 bits per heavy atom. The van der Waals surface area contributed by atoms with Crippen LogP contribution in [0.25, 0.3) is 10.2 Å². The van der Waals surface area contributed by atoms with E-state index in [-0.39, 0.29) is 18.1 Å². The van der Waals surface area contributed by atoms with Gasteiger partial charge in [-0.25, -0.2) is 4.98 Å². The quantitative estimate of drug-likeness (QED) is 0.878. The van der Waals surface area contributed by atoms with Crippen LogP contribution in [-0.2, 0) is 4.74 Å². The fourth-order valence-corrected chi connectivity index (χ4v) is 3.84. The number of ether oxygens (including phenoxy) is 1. The van der Waals surface area contributed by atoms with E-state index in [0.29, 0.717) is 23.7 Å². The monoisotopic (exact) mass is 305 g/mol. The van der Waals surface area contributed by atoms with Crippen LogP contribution in [0.15, 0.2) is 12.1 Å². The first kappa shape index (κ1) is 14.3. The van der Waals surface area contributed by atoms with Crippen molar-refractivity contribution in [1.29, 1.82) is 0 Å². The third kappa shape index (κ3) is 2.61. The zero-order chi connectivity index (χ0) is 15.1. The molecule has 0 bridgehead atoms. The predicted octanol–water partition coefficient (Wildman–Crippen LogP) is 2.44. The van der Waals surface area contributed by atoms with Crippen molar-refractivity contribution in [3.8, 4) is 0 Å². The van der Waals surface area contributed by atoms with Crippen LogP contribution in [0.1, 0.15) is 29.2 Å². The Morgan fingerprint density at radius 3 is 2.71 bits per heavy atom. The highest BCUT2D eigenvalue weighted by Gasteiger charge is 2.29. The average Bonchev–Trinajstić information content (AvgIpc) is 2.73. The van der Waals surface area contributed by atoms with Crippen LogP contribution in [0.2, 0.25) is 0 Å². The van der Waals surface area contributed by atoms with Crippen molar-refractivity contribution in [2.45, 2.75) is 33.0 Å². The summed E-state index contributed by atoms with van der Waals surface area (Å²) in [4.78, 5) is 20.4. The number of anilines is 1. The minimum atomic E-state index is -0.0184. The van der Waals surface area contributed by atoms with Gasteiger partial charge in [-0.1, -0.05) is 0 Å². The van der Waals surface area contributed by atoms with Gasteiger partial charge in [0.15, 0.2) is 0 Å². The molecule has 1 aliphatic heterocycles. The third-order valence-corrected chi connectivity index (χ3v) is 4.74. The minimum Gasteiger partial charge on any atom is -0.397 e. The molecule has 2 unspecified atom stereocenters. The molecule has 1 aliphatic rings. The molecule has 1 fully saturated rings. The number of aryl methyl sites for hydroxylation is 1. The first-order chi connectivity index (χ1) is 9.95. The molecule has 2 atom stereocenters. The van der Waals surface area contributed by atoms with Crippen molar-refractivity contribution in [3.05, 3.63) is 22.7 Å². The summed E-state index contributed by atoms with van der Waals surface area (Å²) in [7, 11) is 0. The van der Waals surface area contributed by atoms with Crippen LogP contribution >= 0.6 is 11.3 Å². The first-order valence-corrected chi connectivity index (χ1v) is 7.87. The Labute approximate surface area is 127 Å². The Balaban J connectivity index is 1.96. The Morgan fingerprint density at radius 2 is 2.05 bits per heavy atom. The molecular formula is C15H19N3O2S. The zero-order valence-corrected chi connectivity index (χ0v) is 13.2. The number of aromatic nitrogens is 1. The molecular weight excluding hydrogens is 286 g/mol. The SMILES string of the molecule is Cc1ccc2c(N)c(C(=O)N3CC(C)OC(C)C3)sc2n1. The van der Waals surface area contributed by atoms with Crippen molar-refractivity contribution in [1.82, 2.24) is 9.88 Å². The highest BCUT2D eigenvalue weighted by atomic mass is 32.1. The maximum absolute atomic E-state index is 12.7. The summed E-state index contributed by atoms with van der Waals surface area (Å²) in [5.74, 6) is -0.0184. The molecule has 0 aromatic carbocycles. The summed E-state index contributed by atoms with van der Waals surface area (Å²) in [6.45, 7) is 7.10. The first-order valence-electron chi connectivity index (χ1n) is 7.06. The van der Waals surface area contributed by atoms with Crippen LogP contribution in [0.4, 0.5) is 5.69 Å². The van der Waals surface area contributed by atoms with Gasteiger partial charge in [0.25, 0.3) is 5.91 Å². The molecule has 112 valence electrons. The topological polar surface area (TPSA) is 68.5 Å². The Bertz CT molecular complexity index is 688. The second-order valence-corrected chi connectivity index (χ2v) is 6.62. The summed E-state index contributed by atoms with van der Waals surface area (Å²) in [5, 5.41) is 0.864. The van der Waals surface area contributed by atoms with E-state index in [1.54, 1.807) is 0 Å². The lowest BCUT2D eigenvalue weighted by atomic mass is 10.2. The lowest BCUT2D eigenvalue weighted by Gasteiger charge is -2.35. The average molecular weight is 305 g/mol. The molecule has 6 heteroatoms. The summed E-state index contributed by atoms with van der Waals surface area (Å²) in [6.07, 6.45) is 0.0994. The summed E-state index contributed by atoms with van der Waals surface area (Å²) >= 11 is 1.37. The van der Waals surface area contributed by atoms with Crippen LogP contribution in [0.5, 0.6) is 0 Å². The van der Waals surface area contributed by atoms with E-state index >= 15 is 0 Å². The lowest BCUT2D eigenvalue weighted by molar-refractivity contribution is -0.0584. The predicted molar refractivity (Wildman–Crippen MR) is 84.7 cm³/mol. The van der Waals surface area contributed by atoms with Gasteiger partial charge in [-0.3, -0.25) is 4.79 Å². The highest BCUT2D eigenvalue weighted by molar-refractivity contribution is 7.21. The summed E-state index contributed by atoms with van der Waals surface area (Å²) < 4.78 is 5.67. The van der Waals surface area contributed by atoms with Gasteiger partial charge in [0.1, 0.15) is 9.71 Å². The molecule has 0 spiro atoms. The number of carbonyl (C=O) groups is 1. The fraction of sp³-hybridized carbons (Fsp3) is 0.467. The lowest BCUT2D eigenvalue weighted by Crippen LogP contribution is -2.48. The third-order valence-electron chi connectivity index (χ3n) is 3.63. The standard InChI is InChI=1S/C15H19N3O2S/c1-8-4-5-11-12(16)13(21-14(11)17-8)15(19)18-6-9(2)20-10(3)7-18/h4-5,9-10H,6-7,16H2,1-3H3. The molecule has 0 saturated carbocycles. The maximum atomic E-state index is 12.7. The summed E-state index contributed by atoms with van der Waals surface area (Å²) in [6, 6.07) is 3.85. The number of thiophene rings is 1. The number of fused-ring (bicyclic) bond motifs is 1. The van der Waals surface area contributed by atoms with Crippen LogP contribution < -0.4 is 5.73 Å². The molecule has 1 amide bonds. The van der Waals surface area contributed by atoms with E-state index in [4.69, 9.17) is 10.5 Å². The van der Waals surface area contributed by atoms with Gasteiger partial charge in [0.2, 0.25) is 0 Å². The minimum absolute atomic E-state index is 0.0184. The number of nitrogens with two attached hydrogens (primary N) is 1. The number of morpholine rings is 1. The van der Waals surface area contributed by atoms with Crippen molar-refractivity contribution in [2.75, 3.05) is 18.8 Å². The highest BCUT2D eigenvalue weighted by Crippen LogP contribution is 2.33. The molecule has 3 heterocycles. The van der Waals surface area contributed by atoms with E-state index < -0.39 is 0 Å². The van der Waals surface area contributed by atoms with Crippen molar-refractivity contribution in [3.63, 3.8) is 0 Å². The number of carbonyl (C=O) groups excluding carboxylic acids is 1. The molecule has 1 saturated heterocycles. The van der Waals surface area contributed by atoms with Gasteiger partial charge >= 0.3 is 0 Å². The molecule has 0 aliphatic carbocycles. The van der Waals surface area contributed by atoms with E-state index in [2.05, 4.69) is 4.98 Å². The van der Waals surface area contributed by atoms with Crippen molar-refractivity contribution >= 4 is 33.1 Å². The normalized spacial score (nSPS) is 22.7. The number of nitrogens with zero attached hydrogens (tertiary/aromatic N) is 2. The van der Waals surface area contributed by atoms with Gasteiger partial charge in [0, 0.05) is 24.2 Å². The number of rotatable bonds is 1. The molecule has 2 N–H and O–H groups in total. The van der Waals surface area contributed by atoms with Crippen LogP contribution in [0.3, 0.4) is 0 Å². The smallest absolute Gasteiger partial charge is 0.266 e. The van der Waals surface area contributed by atoms with Gasteiger partial charge in [-0.15, -0.1) is 11.3 Å². The van der Waals surface area contributed by atoms with E-state index in [0.717, 1.165) is 15.9 Å². The Hall–Kier alpha value is -1.66. The second kappa shape index (κ2) is 5.27. The number of amides is 1. The molecule has 2 aromatic heterocycles. The molecule has 21 heavy (non-hydrogen) atoms. The Kier molecular flexibility index (Phi) is 3.59. The van der Waals surface area contributed by atoms with Crippen LogP contribution in [0, 0.1) is 6.92 Å². The summed E-state index contributed by atoms with van der Waals surface area (Å²) in [5.41, 5.74) is 7.63. The maximum Gasteiger partial charge on any atom is 0.266 e. The van der Waals surface area contributed by atoms with Gasteiger partial charge in [-0.2, -0.15) is 0 Å². The second-order valence-electron chi connectivity index (χ2n) is 5.62. The molecule has 5 nitrogen and oxygen atoms in total. The number of hydrogen-bond acceptors (Lipinski definition) is 5. The fourth-order valence-electron chi connectivity index (χ4n) is 2.74. The van der Waals surface area contributed by atoms with Gasteiger partial charge in [0.05, 0.1) is 17.9 Å².